The van der Waals surface area contributed by atoms with Crippen molar-refractivity contribution in [1.29, 1.82) is 0 Å². The van der Waals surface area contributed by atoms with Gasteiger partial charge in [-0.2, -0.15) is 0 Å². The number of nitrogens with one attached hydrogen (secondary N) is 1. The van der Waals surface area contributed by atoms with Crippen LogP contribution in [0.25, 0.3) is 10.9 Å². The second kappa shape index (κ2) is 5.66. The SMILES string of the molecule is Cc1c(N2CC(F)C(CO)C2)c(F)cc2c(=O)[nH]c(=O)n(C3CC3)c12. The number of benzene rings is 1. The predicted octanol–water partition coefficient (Wildman–Crippen LogP) is 1.24. The van der Waals surface area contributed by atoms with Gasteiger partial charge in [0.25, 0.3) is 5.56 Å². The highest BCUT2D eigenvalue weighted by atomic mass is 19.1. The normalized spacial score (nSPS) is 23.6. The lowest BCUT2D eigenvalue weighted by Gasteiger charge is -2.23. The lowest BCUT2D eigenvalue weighted by molar-refractivity contribution is 0.175. The van der Waals surface area contributed by atoms with E-state index >= 15 is 0 Å². The Hall–Kier alpha value is -2.22. The number of rotatable bonds is 3. The fourth-order valence-corrected chi connectivity index (χ4v) is 3.82. The number of alkyl halides is 1. The maximum absolute atomic E-state index is 14.8. The van der Waals surface area contributed by atoms with Crippen molar-refractivity contribution in [2.45, 2.75) is 32.0 Å². The molecule has 1 aromatic carbocycles. The molecule has 1 saturated heterocycles. The molecule has 6 nitrogen and oxygen atoms in total. The van der Waals surface area contributed by atoms with Gasteiger partial charge in [-0.25, -0.2) is 13.6 Å². The summed E-state index contributed by atoms with van der Waals surface area (Å²) in [4.78, 5) is 28.2. The molecule has 2 fully saturated rings. The van der Waals surface area contributed by atoms with Crippen LogP contribution in [0.15, 0.2) is 15.7 Å². The number of fused-ring (bicyclic) bond motifs is 1. The van der Waals surface area contributed by atoms with Gasteiger partial charge in [-0.05, 0) is 25.8 Å². The molecule has 25 heavy (non-hydrogen) atoms. The summed E-state index contributed by atoms with van der Waals surface area (Å²) in [5, 5.41) is 9.38. The number of hydrogen-bond acceptors (Lipinski definition) is 4. The Labute approximate surface area is 141 Å². The number of aliphatic hydroxyl groups excluding tert-OH is 1. The zero-order chi connectivity index (χ0) is 17.9. The molecule has 0 spiro atoms. The second-order valence-electron chi connectivity index (χ2n) is 6.95. The maximum atomic E-state index is 14.8. The molecule has 8 heteroatoms. The summed E-state index contributed by atoms with van der Waals surface area (Å²) in [6.07, 6.45) is 0.413. The topological polar surface area (TPSA) is 78.3 Å². The number of aryl methyl sites for hydroxylation is 1. The first-order valence-electron chi connectivity index (χ1n) is 8.40. The molecule has 2 heterocycles. The van der Waals surface area contributed by atoms with Crippen molar-refractivity contribution in [1.82, 2.24) is 9.55 Å². The van der Waals surface area contributed by atoms with Crippen LogP contribution in [0.1, 0.15) is 24.4 Å². The molecule has 1 aliphatic heterocycles. The summed E-state index contributed by atoms with van der Waals surface area (Å²) in [7, 11) is 0. The Morgan fingerprint density at radius 3 is 2.64 bits per heavy atom. The standard InChI is InChI=1S/C17H19F2N3O3/c1-8-14-11(16(24)20-17(25)22(14)10-2-3-10)4-12(18)15(8)21-5-9(7-23)13(19)6-21/h4,9-10,13,23H,2-3,5-7H2,1H3,(H,20,24,25). The van der Waals surface area contributed by atoms with Crippen molar-refractivity contribution in [3.8, 4) is 0 Å². The molecule has 0 amide bonds. The minimum absolute atomic E-state index is 0.00144. The van der Waals surface area contributed by atoms with Crippen LogP contribution in [0.2, 0.25) is 0 Å². The van der Waals surface area contributed by atoms with E-state index in [0.29, 0.717) is 11.1 Å². The van der Waals surface area contributed by atoms with E-state index in [0.717, 1.165) is 18.9 Å². The summed E-state index contributed by atoms with van der Waals surface area (Å²) in [6, 6.07) is 1.12. The summed E-state index contributed by atoms with van der Waals surface area (Å²) in [6.45, 7) is 1.51. The number of hydrogen-bond donors (Lipinski definition) is 2. The lowest BCUT2D eigenvalue weighted by Crippen LogP contribution is -2.31. The van der Waals surface area contributed by atoms with Gasteiger partial charge in [0, 0.05) is 30.6 Å². The largest absolute Gasteiger partial charge is 0.396 e. The molecule has 1 aromatic heterocycles. The van der Waals surface area contributed by atoms with Crippen LogP contribution < -0.4 is 16.1 Å². The average Bonchev–Trinajstić information content (AvgIpc) is 3.31. The van der Waals surface area contributed by atoms with E-state index in [2.05, 4.69) is 4.98 Å². The number of aromatic nitrogens is 2. The van der Waals surface area contributed by atoms with Crippen LogP contribution in [0.5, 0.6) is 0 Å². The monoisotopic (exact) mass is 351 g/mol. The van der Waals surface area contributed by atoms with Gasteiger partial charge in [0.05, 0.1) is 23.2 Å². The molecule has 0 bridgehead atoms. The highest BCUT2D eigenvalue weighted by molar-refractivity contribution is 5.87. The second-order valence-corrected chi connectivity index (χ2v) is 6.95. The number of aromatic amines is 1. The van der Waals surface area contributed by atoms with Gasteiger partial charge < -0.3 is 10.0 Å². The third-order valence-electron chi connectivity index (χ3n) is 5.21. The third kappa shape index (κ3) is 2.47. The minimum Gasteiger partial charge on any atom is -0.396 e. The van der Waals surface area contributed by atoms with E-state index in [1.54, 1.807) is 11.8 Å². The first-order valence-corrected chi connectivity index (χ1v) is 8.40. The quantitative estimate of drug-likeness (QED) is 0.872. The fraction of sp³-hybridized carbons (Fsp3) is 0.529. The van der Waals surface area contributed by atoms with Crippen molar-refractivity contribution in [2.24, 2.45) is 5.92 Å². The molecule has 2 N–H and O–H groups in total. The number of anilines is 1. The van der Waals surface area contributed by atoms with Gasteiger partial charge in [-0.15, -0.1) is 0 Å². The van der Waals surface area contributed by atoms with Gasteiger partial charge in [-0.3, -0.25) is 14.3 Å². The summed E-state index contributed by atoms with van der Waals surface area (Å²) < 4.78 is 30.3. The summed E-state index contributed by atoms with van der Waals surface area (Å²) in [5.74, 6) is -1.19. The molecule has 2 unspecified atom stereocenters. The molecule has 2 aliphatic rings. The van der Waals surface area contributed by atoms with E-state index in [1.807, 2.05) is 0 Å². The molecule has 0 radical (unpaired) electrons. The van der Waals surface area contributed by atoms with Crippen LogP contribution in [0.3, 0.4) is 0 Å². The van der Waals surface area contributed by atoms with Gasteiger partial charge in [0.15, 0.2) is 0 Å². The van der Waals surface area contributed by atoms with E-state index < -0.39 is 29.2 Å². The summed E-state index contributed by atoms with van der Waals surface area (Å²) >= 11 is 0. The van der Waals surface area contributed by atoms with Crippen molar-refractivity contribution < 1.29 is 13.9 Å². The molecule has 1 saturated carbocycles. The van der Waals surface area contributed by atoms with Crippen molar-refractivity contribution in [3.63, 3.8) is 0 Å². The zero-order valence-corrected chi connectivity index (χ0v) is 13.8. The Balaban J connectivity index is 1.96. The molecule has 134 valence electrons. The molecular weight excluding hydrogens is 332 g/mol. The predicted molar refractivity (Wildman–Crippen MR) is 89.5 cm³/mol. The molecule has 1 aliphatic carbocycles. The number of nitrogens with zero attached hydrogens (tertiary/aromatic N) is 2. The number of H-pyrrole nitrogens is 1. The third-order valence-corrected chi connectivity index (χ3v) is 5.21. The van der Waals surface area contributed by atoms with E-state index in [-0.39, 0.29) is 36.8 Å². The van der Waals surface area contributed by atoms with Crippen molar-refractivity contribution in [2.75, 3.05) is 24.6 Å². The van der Waals surface area contributed by atoms with Crippen LogP contribution >= 0.6 is 0 Å². The number of halogens is 2. The average molecular weight is 351 g/mol. The lowest BCUT2D eigenvalue weighted by atomic mass is 10.1. The summed E-state index contributed by atoms with van der Waals surface area (Å²) in [5.41, 5.74) is -0.0564. The smallest absolute Gasteiger partial charge is 0.329 e. The van der Waals surface area contributed by atoms with Gasteiger partial charge in [0.1, 0.15) is 12.0 Å². The Bertz CT molecular complexity index is 964. The van der Waals surface area contributed by atoms with Crippen LogP contribution in [-0.2, 0) is 0 Å². The zero-order valence-electron chi connectivity index (χ0n) is 13.8. The number of aliphatic hydroxyl groups is 1. The van der Waals surface area contributed by atoms with Crippen LogP contribution in [-0.4, -0.2) is 40.5 Å². The van der Waals surface area contributed by atoms with Gasteiger partial charge in [-0.1, -0.05) is 0 Å². The fourth-order valence-electron chi connectivity index (χ4n) is 3.82. The Morgan fingerprint density at radius 1 is 1.32 bits per heavy atom. The van der Waals surface area contributed by atoms with E-state index in [9.17, 15) is 23.5 Å². The minimum atomic E-state index is -1.25. The Morgan fingerprint density at radius 2 is 2.04 bits per heavy atom. The first kappa shape index (κ1) is 16.3. The van der Waals surface area contributed by atoms with E-state index in [1.165, 1.54) is 4.57 Å². The Kier molecular flexibility index (Phi) is 3.68. The van der Waals surface area contributed by atoms with Crippen molar-refractivity contribution >= 4 is 16.6 Å². The van der Waals surface area contributed by atoms with Crippen LogP contribution in [0, 0.1) is 18.7 Å². The highest BCUT2D eigenvalue weighted by Crippen LogP contribution is 2.39. The van der Waals surface area contributed by atoms with Crippen molar-refractivity contribution in [3.05, 3.63) is 38.3 Å². The maximum Gasteiger partial charge on any atom is 0.329 e. The van der Waals surface area contributed by atoms with Gasteiger partial charge in [0.2, 0.25) is 0 Å². The highest BCUT2D eigenvalue weighted by Gasteiger charge is 2.35. The first-order chi connectivity index (χ1) is 11.9. The molecule has 2 aromatic rings. The molecular formula is C17H19F2N3O3. The van der Waals surface area contributed by atoms with Crippen LogP contribution in [0.4, 0.5) is 14.5 Å². The molecule has 4 rings (SSSR count). The van der Waals surface area contributed by atoms with Gasteiger partial charge >= 0.3 is 5.69 Å². The van der Waals surface area contributed by atoms with E-state index in [4.69, 9.17) is 0 Å². The molecule has 2 atom stereocenters.